The Hall–Kier alpha value is -1.58. The molecule has 1 aliphatic heterocycles. The van der Waals surface area contributed by atoms with E-state index < -0.39 is 5.41 Å². The second-order valence-corrected chi connectivity index (χ2v) is 7.58. The SMILES string of the molecule is CCNC(=O)C(C)(C)CNC(=NC)NC1CCCN(c2cccc(F)c2)C1.I. The molecule has 0 aliphatic carbocycles. The number of hydrogen-bond donors (Lipinski definition) is 3. The zero-order chi connectivity index (χ0) is 19.9. The minimum Gasteiger partial charge on any atom is -0.369 e. The predicted molar refractivity (Wildman–Crippen MR) is 124 cm³/mol. The molecule has 1 saturated heterocycles. The van der Waals surface area contributed by atoms with E-state index in [-0.39, 0.29) is 41.7 Å². The van der Waals surface area contributed by atoms with E-state index in [4.69, 9.17) is 0 Å². The quantitative estimate of drug-likeness (QED) is 0.316. The Bertz CT molecular complexity index is 668. The number of piperidine rings is 1. The standard InChI is InChI=1S/C20H32FN5O.HI/c1-5-23-18(27)20(2,3)14-24-19(22-4)25-16-9-7-11-26(13-16)17-10-6-8-15(21)12-17;/h6,8,10,12,16H,5,7,9,11,13-14H2,1-4H3,(H,23,27)(H2,22,24,25);1H. The van der Waals surface area contributed by atoms with Crippen molar-refractivity contribution < 1.29 is 9.18 Å². The summed E-state index contributed by atoms with van der Waals surface area (Å²) in [5, 5.41) is 9.56. The Morgan fingerprint density at radius 2 is 2.11 bits per heavy atom. The number of guanidine groups is 1. The van der Waals surface area contributed by atoms with Gasteiger partial charge in [0.25, 0.3) is 0 Å². The number of carbonyl (C=O) groups is 1. The van der Waals surface area contributed by atoms with E-state index in [0.29, 0.717) is 19.0 Å². The lowest BCUT2D eigenvalue weighted by atomic mass is 9.92. The Balaban J connectivity index is 0.00000392. The van der Waals surface area contributed by atoms with E-state index in [1.165, 1.54) is 6.07 Å². The lowest BCUT2D eigenvalue weighted by Gasteiger charge is -2.35. The highest BCUT2D eigenvalue weighted by Crippen LogP contribution is 2.21. The van der Waals surface area contributed by atoms with E-state index in [0.717, 1.165) is 31.6 Å². The van der Waals surface area contributed by atoms with Gasteiger partial charge in [0.05, 0.1) is 5.41 Å². The average molecular weight is 505 g/mol. The average Bonchev–Trinajstić information content (AvgIpc) is 2.65. The first-order chi connectivity index (χ1) is 12.9. The van der Waals surface area contributed by atoms with Gasteiger partial charge in [0, 0.05) is 45.0 Å². The minimum atomic E-state index is -0.534. The second kappa shape index (κ2) is 11.4. The molecular formula is C20H33FIN5O. The second-order valence-electron chi connectivity index (χ2n) is 7.58. The Kier molecular flexibility index (Phi) is 9.98. The lowest BCUT2D eigenvalue weighted by molar-refractivity contribution is -0.128. The number of nitrogens with zero attached hydrogens (tertiary/aromatic N) is 2. The van der Waals surface area contributed by atoms with Crippen molar-refractivity contribution in [3.05, 3.63) is 30.1 Å². The van der Waals surface area contributed by atoms with Crippen LogP contribution >= 0.6 is 24.0 Å². The van der Waals surface area contributed by atoms with Crippen molar-refractivity contribution in [3.63, 3.8) is 0 Å². The molecule has 0 bridgehead atoms. The molecule has 1 atom stereocenters. The normalized spacial score (nSPS) is 17.5. The Morgan fingerprint density at radius 1 is 1.36 bits per heavy atom. The van der Waals surface area contributed by atoms with Crippen LogP contribution in [0.3, 0.4) is 0 Å². The fourth-order valence-corrected chi connectivity index (χ4v) is 3.18. The summed E-state index contributed by atoms with van der Waals surface area (Å²) >= 11 is 0. The largest absolute Gasteiger partial charge is 0.369 e. The molecular weight excluding hydrogens is 472 g/mol. The van der Waals surface area contributed by atoms with Gasteiger partial charge < -0.3 is 20.9 Å². The number of hydrogen-bond acceptors (Lipinski definition) is 3. The Labute approximate surface area is 184 Å². The van der Waals surface area contributed by atoms with Crippen LogP contribution in [0, 0.1) is 11.2 Å². The molecule has 1 heterocycles. The maximum absolute atomic E-state index is 13.5. The number of halogens is 2. The minimum absolute atomic E-state index is 0. The number of rotatable bonds is 6. The third-order valence-corrected chi connectivity index (χ3v) is 4.81. The number of nitrogens with one attached hydrogen (secondary N) is 3. The van der Waals surface area contributed by atoms with Gasteiger partial charge in [0.1, 0.15) is 5.82 Å². The highest BCUT2D eigenvalue weighted by atomic mass is 127. The van der Waals surface area contributed by atoms with Crippen molar-refractivity contribution in [3.8, 4) is 0 Å². The van der Waals surface area contributed by atoms with Gasteiger partial charge in [-0.1, -0.05) is 6.07 Å². The monoisotopic (exact) mass is 505 g/mol. The van der Waals surface area contributed by atoms with E-state index >= 15 is 0 Å². The van der Waals surface area contributed by atoms with Gasteiger partial charge in [0.2, 0.25) is 5.91 Å². The van der Waals surface area contributed by atoms with Crippen LogP contribution in [0.4, 0.5) is 10.1 Å². The molecule has 2 rings (SSSR count). The first-order valence-corrected chi connectivity index (χ1v) is 9.61. The van der Waals surface area contributed by atoms with Crippen molar-refractivity contribution >= 4 is 41.5 Å². The van der Waals surface area contributed by atoms with Gasteiger partial charge in [-0.3, -0.25) is 9.79 Å². The van der Waals surface area contributed by atoms with Crippen molar-refractivity contribution in [1.29, 1.82) is 0 Å². The fourth-order valence-electron chi connectivity index (χ4n) is 3.18. The lowest BCUT2D eigenvalue weighted by Crippen LogP contribution is -2.53. The van der Waals surface area contributed by atoms with Crippen LogP contribution in [-0.4, -0.2) is 51.1 Å². The molecule has 28 heavy (non-hydrogen) atoms. The van der Waals surface area contributed by atoms with Crippen LogP contribution in [0.15, 0.2) is 29.3 Å². The molecule has 3 N–H and O–H groups in total. The molecule has 0 spiro atoms. The number of carbonyl (C=O) groups excluding carboxylic acids is 1. The van der Waals surface area contributed by atoms with Gasteiger partial charge in [-0.15, -0.1) is 24.0 Å². The summed E-state index contributed by atoms with van der Waals surface area (Å²) in [5.41, 5.74) is 0.371. The first kappa shape index (κ1) is 24.5. The van der Waals surface area contributed by atoms with E-state index in [9.17, 15) is 9.18 Å². The first-order valence-electron chi connectivity index (χ1n) is 9.61. The van der Waals surface area contributed by atoms with Crippen molar-refractivity contribution in [2.45, 2.75) is 39.7 Å². The van der Waals surface area contributed by atoms with Gasteiger partial charge in [-0.25, -0.2) is 4.39 Å². The Morgan fingerprint density at radius 3 is 2.75 bits per heavy atom. The number of anilines is 1. The van der Waals surface area contributed by atoms with Gasteiger partial charge in [0.15, 0.2) is 5.96 Å². The number of benzene rings is 1. The molecule has 1 unspecified atom stereocenters. The van der Waals surface area contributed by atoms with Crippen molar-refractivity contribution in [2.75, 3.05) is 38.1 Å². The van der Waals surface area contributed by atoms with Crippen molar-refractivity contribution in [1.82, 2.24) is 16.0 Å². The van der Waals surface area contributed by atoms with Crippen molar-refractivity contribution in [2.24, 2.45) is 10.4 Å². The molecule has 0 aromatic heterocycles. The van der Waals surface area contributed by atoms with Gasteiger partial charge >= 0.3 is 0 Å². The van der Waals surface area contributed by atoms with Crippen LogP contribution in [0.2, 0.25) is 0 Å². The van der Waals surface area contributed by atoms with Crippen LogP contribution in [-0.2, 0) is 4.79 Å². The van der Waals surface area contributed by atoms with Crippen LogP contribution in [0.5, 0.6) is 0 Å². The molecule has 0 saturated carbocycles. The number of amides is 1. The molecule has 158 valence electrons. The molecule has 1 aliphatic rings. The van der Waals surface area contributed by atoms with E-state index in [2.05, 4.69) is 25.8 Å². The molecule has 1 amide bonds. The molecule has 6 nitrogen and oxygen atoms in total. The fraction of sp³-hybridized carbons (Fsp3) is 0.600. The molecule has 1 fully saturated rings. The zero-order valence-corrected chi connectivity index (χ0v) is 19.5. The van der Waals surface area contributed by atoms with Crippen LogP contribution < -0.4 is 20.9 Å². The van der Waals surface area contributed by atoms with Crippen LogP contribution in [0.25, 0.3) is 0 Å². The molecule has 1 aromatic rings. The van der Waals surface area contributed by atoms with Gasteiger partial charge in [-0.2, -0.15) is 0 Å². The zero-order valence-electron chi connectivity index (χ0n) is 17.2. The summed E-state index contributed by atoms with van der Waals surface area (Å²) < 4.78 is 13.5. The third kappa shape index (κ3) is 7.10. The molecule has 1 aromatic carbocycles. The summed E-state index contributed by atoms with van der Waals surface area (Å²) in [6.07, 6.45) is 2.04. The third-order valence-electron chi connectivity index (χ3n) is 4.81. The molecule has 0 radical (unpaired) electrons. The summed E-state index contributed by atoms with van der Waals surface area (Å²) in [5.74, 6) is 0.481. The predicted octanol–water partition coefficient (Wildman–Crippen LogP) is 2.74. The van der Waals surface area contributed by atoms with E-state index in [1.54, 1.807) is 19.2 Å². The summed E-state index contributed by atoms with van der Waals surface area (Å²) in [6, 6.07) is 6.93. The smallest absolute Gasteiger partial charge is 0.227 e. The highest BCUT2D eigenvalue weighted by molar-refractivity contribution is 14.0. The summed E-state index contributed by atoms with van der Waals surface area (Å²) in [4.78, 5) is 18.6. The van der Waals surface area contributed by atoms with E-state index in [1.807, 2.05) is 26.8 Å². The summed E-state index contributed by atoms with van der Waals surface area (Å²) in [6.45, 7) is 8.53. The number of aliphatic imine (C=N–C) groups is 1. The van der Waals surface area contributed by atoms with Gasteiger partial charge in [-0.05, 0) is 51.8 Å². The maximum Gasteiger partial charge on any atom is 0.227 e. The maximum atomic E-state index is 13.5. The topological polar surface area (TPSA) is 68.8 Å². The summed E-state index contributed by atoms with van der Waals surface area (Å²) in [7, 11) is 1.72. The molecule has 8 heteroatoms. The highest BCUT2D eigenvalue weighted by Gasteiger charge is 2.28. The van der Waals surface area contributed by atoms with Crippen LogP contribution in [0.1, 0.15) is 33.6 Å².